The van der Waals surface area contributed by atoms with Gasteiger partial charge in [0.1, 0.15) is 12.6 Å². The number of fused-ring (bicyclic) bond motifs is 4. The van der Waals surface area contributed by atoms with E-state index in [4.69, 9.17) is 0 Å². The first-order valence-electron chi connectivity index (χ1n) is 10.9. The van der Waals surface area contributed by atoms with Crippen LogP contribution >= 0.6 is 0 Å². The average Bonchev–Trinajstić information content (AvgIpc) is 3.23. The molecule has 2 atom stereocenters. The molecule has 0 spiro atoms. The molecule has 33 heavy (non-hydrogen) atoms. The van der Waals surface area contributed by atoms with Crippen LogP contribution in [0.4, 0.5) is 0 Å². The van der Waals surface area contributed by atoms with Gasteiger partial charge in [0, 0.05) is 35.4 Å². The lowest BCUT2D eigenvalue weighted by Gasteiger charge is -2.45. The van der Waals surface area contributed by atoms with Gasteiger partial charge >= 0.3 is 0 Å². The molecule has 1 N–H and O–H groups in total. The summed E-state index contributed by atoms with van der Waals surface area (Å²) < 4.78 is 0. The maximum absolute atomic E-state index is 13.6. The second-order valence-electron chi connectivity index (χ2n) is 8.32. The number of benzene rings is 2. The Kier molecular flexibility index (Phi) is 4.54. The number of nitrogens with one attached hydrogen (secondary N) is 1. The van der Waals surface area contributed by atoms with E-state index in [0.29, 0.717) is 6.42 Å². The Labute approximate surface area is 190 Å². The van der Waals surface area contributed by atoms with E-state index < -0.39 is 6.04 Å². The summed E-state index contributed by atoms with van der Waals surface area (Å²) in [5.41, 5.74) is 4.87. The molecule has 0 radical (unpaired) electrons. The number of rotatable bonds is 3. The number of para-hydroxylation sites is 1. The second-order valence-corrected chi connectivity index (χ2v) is 8.32. The first kappa shape index (κ1) is 19.4. The Morgan fingerprint density at radius 2 is 1.73 bits per heavy atom. The Bertz CT molecular complexity index is 1380. The third kappa shape index (κ3) is 3.20. The third-order valence-corrected chi connectivity index (χ3v) is 6.41. The van der Waals surface area contributed by atoms with Gasteiger partial charge in [-0.25, -0.2) is 5.01 Å². The van der Waals surface area contributed by atoms with Crippen molar-refractivity contribution in [2.75, 3.05) is 6.54 Å². The van der Waals surface area contributed by atoms with Gasteiger partial charge in [-0.15, -0.1) is 0 Å². The van der Waals surface area contributed by atoms with Crippen LogP contribution in [-0.4, -0.2) is 50.5 Å². The molecule has 2 aliphatic rings. The van der Waals surface area contributed by atoms with Crippen molar-refractivity contribution in [2.24, 2.45) is 5.10 Å². The number of pyridine rings is 1. The van der Waals surface area contributed by atoms with Crippen molar-refractivity contribution in [1.29, 1.82) is 0 Å². The van der Waals surface area contributed by atoms with Crippen LogP contribution < -0.4 is 0 Å². The molecule has 7 nitrogen and oxygen atoms in total. The Balaban J connectivity index is 1.44. The number of nitrogens with zero attached hydrogens (tertiary/aromatic N) is 4. The third-order valence-electron chi connectivity index (χ3n) is 6.41. The van der Waals surface area contributed by atoms with Gasteiger partial charge in [-0.2, -0.15) is 5.10 Å². The van der Waals surface area contributed by atoms with Crippen LogP contribution in [0.1, 0.15) is 28.4 Å². The highest BCUT2D eigenvalue weighted by atomic mass is 16.2. The molecule has 1 unspecified atom stereocenters. The van der Waals surface area contributed by atoms with Gasteiger partial charge in [0.05, 0.1) is 12.3 Å². The van der Waals surface area contributed by atoms with Gasteiger partial charge in [-0.05, 0) is 34.9 Å². The molecule has 0 bridgehead atoms. The molecule has 1 fully saturated rings. The Morgan fingerprint density at radius 1 is 0.970 bits per heavy atom. The van der Waals surface area contributed by atoms with Crippen LogP contribution in [0, 0.1) is 0 Å². The largest absolute Gasteiger partial charge is 0.356 e. The predicted molar refractivity (Wildman–Crippen MR) is 124 cm³/mol. The monoisotopic (exact) mass is 435 g/mol. The minimum absolute atomic E-state index is 0.0875. The summed E-state index contributed by atoms with van der Waals surface area (Å²) in [4.78, 5) is 36.3. The smallest absolute Gasteiger partial charge is 0.266 e. The van der Waals surface area contributed by atoms with E-state index in [1.807, 2.05) is 48.5 Å². The number of amides is 2. The second kappa shape index (κ2) is 7.70. The van der Waals surface area contributed by atoms with E-state index in [9.17, 15) is 9.59 Å². The van der Waals surface area contributed by atoms with E-state index in [1.165, 1.54) is 5.01 Å². The van der Waals surface area contributed by atoms with Crippen LogP contribution in [0.25, 0.3) is 10.9 Å². The maximum atomic E-state index is 13.6. The quantitative estimate of drug-likeness (QED) is 0.502. The summed E-state index contributed by atoms with van der Waals surface area (Å²) in [5.74, 6) is -0.290. The fourth-order valence-corrected chi connectivity index (χ4v) is 4.91. The number of aromatic amines is 1. The maximum Gasteiger partial charge on any atom is 0.266 e. The lowest BCUT2D eigenvalue weighted by molar-refractivity contribution is -0.158. The summed E-state index contributed by atoms with van der Waals surface area (Å²) in [7, 11) is 0. The number of hydrogen-bond acceptors (Lipinski definition) is 4. The summed E-state index contributed by atoms with van der Waals surface area (Å²) in [6.07, 6.45) is 5.37. The summed E-state index contributed by atoms with van der Waals surface area (Å²) in [6, 6.07) is 20.6. The van der Waals surface area contributed by atoms with E-state index in [1.54, 1.807) is 35.6 Å². The number of aromatic nitrogens is 2. The number of hydrazone groups is 1. The molecular weight excluding hydrogens is 414 g/mol. The van der Waals surface area contributed by atoms with Crippen molar-refractivity contribution in [3.8, 4) is 0 Å². The van der Waals surface area contributed by atoms with Crippen molar-refractivity contribution in [3.63, 3.8) is 0 Å². The minimum Gasteiger partial charge on any atom is -0.356 e. The number of carbonyl (C=O) groups is 2. The molecule has 4 aromatic rings. The number of piperazine rings is 1. The molecule has 0 saturated carbocycles. The highest BCUT2D eigenvalue weighted by Crippen LogP contribution is 2.42. The standard InChI is InChI=1S/C26H21N5O2/c32-23-16-30(28-15-17-10-12-27-13-11-17)26(33)22-14-20-19-8-4-5-9-21(19)29-24(20)25(31(22)23)18-6-2-1-3-7-18/h1-13,15,22,25,29H,14,16H2/b28-15+/t22-,25?/m0/s1. The zero-order chi connectivity index (χ0) is 22.4. The zero-order valence-electron chi connectivity index (χ0n) is 17.8. The molecule has 4 heterocycles. The van der Waals surface area contributed by atoms with Gasteiger partial charge in [0.2, 0.25) is 5.91 Å². The van der Waals surface area contributed by atoms with Crippen molar-refractivity contribution in [2.45, 2.75) is 18.5 Å². The van der Waals surface area contributed by atoms with Gasteiger partial charge < -0.3 is 9.88 Å². The van der Waals surface area contributed by atoms with Crippen molar-refractivity contribution >= 4 is 28.9 Å². The van der Waals surface area contributed by atoms with E-state index in [0.717, 1.165) is 33.3 Å². The van der Waals surface area contributed by atoms with Crippen molar-refractivity contribution in [1.82, 2.24) is 19.9 Å². The lowest BCUT2D eigenvalue weighted by atomic mass is 9.86. The number of hydrogen-bond donors (Lipinski definition) is 1. The highest BCUT2D eigenvalue weighted by molar-refractivity contribution is 5.98. The molecule has 2 aromatic carbocycles. The van der Waals surface area contributed by atoms with Crippen molar-refractivity contribution < 1.29 is 9.59 Å². The van der Waals surface area contributed by atoms with Crippen LogP contribution in [-0.2, 0) is 16.0 Å². The summed E-state index contributed by atoms with van der Waals surface area (Å²) in [6.45, 7) is -0.0875. The number of carbonyl (C=O) groups excluding carboxylic acids is 2. The van der Waals surface area contributed by atoms with Crippen molar-refractivity contribution in [3.05, 3.63) is 102 Å². The number of H-pyrrole nitrogens is 1. The molecule has 2 amide bonds. The molecule has 0 aliphatic carbocycles. The molecule has 1 saturated heterocycles. The van der Waals surface area contributed by atoms with Crippen LogP contribution in [0.5, 0.6) is 0 Å². The average molecular weight is 435 g/mol. The van der Waals surface area contributed by atoms with E-state index in [2.05, 4.69) is 21.1 Å². The molecule has 2 aromatic heterocycles. The molecule has 2 aliphatic heterocycles. The molecule has 162 valence electrons. The SMILES string of the molecule is O=C1[C@@H]2Cc3c([nH]c4ccccc34)C(c3ccccc3)N2C(=O)CN1/N=C/c1ccncc1. The predicted octanol–water partition coefficient (Wildman–Crippen LogP) is 3.28. The molecular formula is C26H21N5O2. The topological polar surface area (TPSA) is 81.7 Å². The van der Waals surface area contributed by atoms with Gasteiger partial charge in [0.15, 0.2) is 0 Å². The van der Waals surface area contributed by atoms with Gasteiger partial charge in [-0.1, -0.05) is 48.5 Å². The summed E-state index contributed by atoms with van der Waals surface area (Å²) >= 11 is 0. The fraction of sp³-hybridized carbons (Fsp3) is 0.154. The Hall–Kier alpha value is -4.26. The highest BCUT2D eigenvalue weighted by Gasteiger charge is 2.48. The minimum atomic E-state index is -0.613. The van der Waals surface area contributed by atoms with Crippen LogP contribution in [0.3, 0.4) is 0 Å². The van der Waals surface area contributed by atoms with E-state index in [-0.39, 0.29) is 24.4 Å². The van der Waals surface area contributed by atoms with Crippen LogP contribution in [0.15, 0.2) is 84.2 Å². The van der Waals surface area contributed by atoms with Gasteiger partial charge in [0.25, 0.3) is 5.91 Å². The Morgan fingerprint density at radius 3 is 2.55 bits per heavy atom. The van der Waals surface area contributed by atoms with E-state index >= 15 is 0 Å². The van der Waals surface area contributed by atoms with Crippen LogP contribution in [0.2, 0.25) is 0 Å². The molecule has 7 heteroatoms. The molecule has 6 rings (SSSR count). The lowest BCUT2D eigenvalue weighted by Crippen LogP contribution is -2.61. The first-order chi connectivity index (χ1) is 16.2. The normalized spacial score (nSPS) is 20.4. The zero-order valence-corrected chi connectivity index (χ0v) is 17.8. The first-order valence-corrected chi connectivity index (χ1v) is 10.9. The fourth-order valence-electron chi connectivity index (χ4n) is 4.91. The van der Waals surface area contributed by atoms with Gasteiger partial charge in [-0.3, -0.25) is 14.6 Å². The summed E-state index contributed by atoms with van der Waals surface area (Å²) in [5, 5.41) is 6.74.